The molecule has 0 aliphatic rings. The first-order valence-corrected chi connectivity index (χ1v) is 5.40. The van der Waals surface area contributed by atoms with Gasteiger partial charge in [-0.15, -0.1) is 0 Å². The molecule has 0 heterocycles. The number of carbonyl (C=O) groups excluding carboxylic acids is 1. The van der Waals surface area contributed by atoms with Crippen molar-refractivity contribution in [3.63, 3.8) is 0 Å². The van der Waals surface area contributed by atoms with Crippen LogP contribution < -0.4 is 9.47 Å². The zero-order valence-corrected chi connectivity index (χ0v) is 11.0. The smallest absolute Gasteiger partial charge is 0.325 e. The lowest BCUT2D eigenvalue weighted by atomic mass is 10.1. The van der Waals surface area contributed by atoms with E-state index in [-0.39, 0.29) is 0 Å². The average Bonchev–Trinajstić information content (AvgIpc) is 2.38. The van der Waals surface area contributed by atoms with Gasteiger partial charge in [-0.2, -0.15) is 5.26 Å². The summed E-state index contributed by atoms with van der Waals surface area (Å²) in [7, 11) is 4.73. The van der Waals surface area contributed by atoms with Gasteiger partial charge >= 0.3 is 5.91 Å². The highest BCUT2D eigenvalue weighted by Crippen LogP contribution is 2.31. The first-order chi connectivity index (χ1) is 8.54. The molecule has 0 atom stereocenters. The van der Waals surface area contributed by atoms with E-state index in [1.165, 1.54) is 4.90 Å². The summed E-state index contributed by atoms with van der Waals surface area (Å²) in [5.74, 6) is 0.822. The summed E-state index contributed by atoms with van der Waals surface area (Å²) in [4.78, 5) is 12.6. The van der Waals surface area contributed by atoms with E-state index in [1.54, 1.807) is 27.3 Å². The van der Waals surface area contributed by atoms with E-state index in [2.05, 4.69) is 0 Å². The molecule has 0 aliphatic heterocycles. The first kappa shape index (κ1) is 13.8. The predicted molar refractivity (Wildman–Crippen MR) is 66.4 cm³/mol. The summed E-state index contributed by atoms with van der Waals surface area (Å²) in [5, 5.41) is 8.55. The third kappa shape index (κ3) is 2.72. The fourth-order valence-electron chi connectivity index (χ4n) is 1.77. The number of benzene rings is 1. The Bertz CT molecular complexity index is 492. The molecule has 1 aromatic rings. The van der Waals surface area contributed by atoms with Crippen LogP contribution in [0.5, 0.6) is 11.5 Å². The van der Waals surface area contributed by atoms with E-state index in [1.807, 2.05) is 19.1 Å². The number of rotatable bonds is 4. The predicted octanol–water partition coefficient (Wildman–Crippen LogP) is 1.49. The summed E-state index contributed by atoms with van der Waals surface area (Å²) < 4.78 is 10.5. The number of hydrogen-bond donors (Lipinski definition) is 0. The van der Waals surface area contributed by atoms with Crippen molar-refractivity contribution in [1.29, 1.82) is 5.26 Å². The van der Waals surface area contributed by atoms with Crippen molar-refractivity contribution in [2.45, 2.75) is 13.5 Å². The van der Waals surface area contributed by atoms with Gasteiger partial charge in [-0.3, -0.25) is 4.79 Å². The Morgan fingerprint density at radius 1 is 1.39 bits per heavy atom. The second-order valence-corrected chi connectivity index (χ2v) is 3.86. The lowest BCUT2D eigenvalue weighted by molar-refractivity contribution is -0.124. The molecule has 96 valence electrons. The zero-order valence-electron chi connectivity index (χ0n) is 11.0. The van der Waals surface area contributed by atoms with Crippen molar-refractivity contribution in [3.8, 4) is 17.6 Å². The maximum Gasteiger partial charge on any atom is 0.325 e. The Balaban J connectivity index is 3.07. The largest absolute Gasteiger partial charge is 0.496 e. The van der Waals surface area contributed by atoms with Gasteiger partial charge in [-0.25, -0.2) is 0 Å². The minimum atomic E-state index is -0.578. The summed E-state index contributed by atoms with van der Waals surface area (Å²) in [6, 6.07) is 5.22. The molecule has 0 unspecified atom stereocenters. The average molecular weight is 248 g/mol. The van der Waals surface area contributed by atoms with Gasteiger partial charge in [-0.05, 0) is 19.1 Å². The zero-order chi connectivity index (χ0) is 13.7. The van der Waals surface area contributed by atoms with Crippen LogP contribution in [0.4, 0.5) is 0 Å². The highest BCUT2D eigenvalue weighted by atomic mass is 16.5. The van der Waals surface area contributed by atoms with E-state index in [4.69, 9.17) is 14.7 Å². The Kier molecular flexibility index (Phi) is 4.55. The molecule has 0 spiro atoms. The van der Waals surface area contributed by atoms with Gasteiger partial charge in [0.1, 0.15) is 11.5 Å². The van der Waals surface area contributed by atoms with Gasteiger partial charge < -0.3 is 14.4 Å². The third-order valence-electron chi connectivity index (χ3n) is 2.71. The van der Waals surface area contributed by atoms with Crippen LogP contribution in [0, 0.1) is 18.3 Å². The molecule has 0 fully saturated rings. The highest BCUT2D eigenvalue weighted by molar-refractivity contribution is 5.91. The third-order valence-corrected chi connectivity index (χ3v) is 2.71. The van der Waals surface area contributed by atoms with Gasteiger partial charge in [0, 0.05) is 24.7 Å². The second-order valence-electron chi connectivity index (χ2n) is 3.86. The van der Waals surface area contributed by atoms with Crippen LogP contribution in [-0.2, 0) is 11.3 Å². The number of carbonyl (C=O) groups is 1. The van der Waals surface area contributed by atoms with Gasteiger partial charge in [0.25, 0.3) is 0 Å². The number of amides is 1. The normalized spacial score (nSPS) is 9.50. The molecular formula is C13H16N2O3. The summed E-state index contributed by atoms with van der Waals surface area (Å²) in [6.07, 6.45) is 0. The van der Waals surface area contributed by atoms with E-state index in [0.29, 0.717) is 12.3 Å². The van der Waals surface area contributed by atoms with Crippen LogP contribution >= 0.6 is 0 Å². The number of ether oxygens (including phenoxy) is 2. The van der Waals surface area contributed by atoms with Crippen molar-refractivity contribution >= 4 is 5.91 Å². The fourth-order valence-corrected chi connectivity index (χ4v) is 1.77. The van der Waals surface area contributed by atoms with E-state index < -0.39 is 5.91 Å². The Hall–Kier alpha value is -2.22. The van der Waals surface area contributed by atoms with E-state index in [0.717, 1.165) is 16.9 Å². The number of nitriles is 1. The Morgan fingerprint density at radius 3 is 2.56 bits per heavy atom. The monoisotopic (exact) mass is 248 g/mol. The van der Waals surface area contributed by atoms with Crippen molar-refractivity contribution in [3.05, 3.63) is 23.3 Å². The quantitative estimate of drug-likeness (QED) is 0.757. The molecule has 0 bridgehead atoms. The molecule has 0 saturated heterocycles. The van der Waals surface area contributed by atoms with Crippen LogP contribution in [0.1, 0.15) is 11.1 Å². The minimum absolute atomic E-state index is 0.320. The summed E-state index contributed by atoms with van der Waals surface area (Å²) >= 11 is 0. The fraction of sp³-hybridized carbons (Fsp3) is 0.385. The first-order valence-electron chi connectivity index (χ1n) is 5.40. The molecule has 18 heavy (non-hydrogen) atoms. The van der Waals surface area contributed by atoms with Crippen molar-refractivity contribution in [1.82, 2.24) is 4.90 Å². The number of hydrogen-bond acceptors (Lipinski definition) is 4. The standard InChI is InChI=1S/C13H16N2O3/c1-9-11(17-3)6-5-10(13(9)18-4)8-15(2)12(16)7-14/h5-6H,8H2,1-4H3. The molecule has 0 aliphatic carbocycles. The molecule has 5 heteroatoms. The summed E-state index contributed by atoms with van der Waals surface area (Å²) in [6.45, 7) is 2.20. The molecule has 1 aromatic carbocycles. The highest BCUT2D eigenvalue weighted by Gasteiger charge is 2.15. The van der Waals surface area contributed by atoms with E-state index in [9.17, 15) is 4.79 Å². The van der Waals surface area contributed by atoms with Gasteiger partial charge in [0.05, 0.1) is 14.2 Å². The maximum atomic E-state index is 11.2. The lowest BCUT2D eigenvalue weighted by Crippen LogP contribution is -2.24. The molecule has 0 N–H and O–H groups in total. The van der Waals surface area contributed by atoms with Gasteiger partial charge in [-0.1, -0.05) is 0 Å². The number of nitrogens with zero attached hydrogens (tertiary/aromatic N) is 2. The Morgan fingerprint density at radius 2 is 2.06 bits per heavy atom. The SMILES string of the molecule is COc1ccc(CN(C)C(=O)C#N)c(OC)c1C. The summed E-state index contributed by atoms with van der Waals surface area (Å²) in [5.41, 5.74) is 1.71. The van der Waals surface area contributed by atoms with Crippen molar-refractivity contribution < 1.29 is 14.3 Å². The lowest BCUT2D eigenvalue weighted by Gasteiger charge is -2.18. The van der Waals surface area contributed by atoms with Crippen LogP contribution in [0.3, 0.4) is 0 Å². The minimum Gasteiger partial charge on any atom is -0.496 e. The molecule has 0 aromatic heterocycles. The van der Waals surface area contributed by atoms with Crippen LogP contribution in [0.2, 0.25) is 0 Å². The van der Waals surface area contributed by atoms with Crippen molar-refractivity contribution in [2.24, 2.45) is 0 Å². The molecule has 0 radical (unpaired) electrons. The molecule has 1 rings (SSSR count). The van der Waals surface area contributed by atoms with E-state index >= 15 is 0 Å². The molecular weight excluding hydrogens is 232 g/mol. The topological polar surface area (TPSA) is 62.6 Å². The second kappa shape index (κ2) is 5.92. The number of methoxy groups -OCH3 is 2. The molecule has 5 nitrogen and oxygen atoms in total. The van der Waals surface area contributed by atoms with Gasteiger partial charge in [0.2, 0.25) is 0 Å². The van der Waals surface area contributed by atoms with Crippen LogP contribution in [0.25, 0.3) is 0 Å². The van der Waals surface area contributed by atoms with Crippen molar-refractivity contribution in [2.75, 3.05) is 21.3 Å². The van der Waals surface area contributed by atoms with Crippen LogP contribution in [0.15, 0.2) is 12.1 Å². The van der Waals surface area contributed by atoms with Crippen LogP contribution in [-0.4, -0.2) is 32.1 Å². The van der Waals surface area contributed by atoms with Gasteiger partial charge in [0.15, 0.2) is 6.07 Å². The Labute approximate surface area is 107 Å². The molecule has 1 amide bonds. The maximum absolute atomic E-state index is 11.2. The molecule has 0 saturated carbocycles.